The third-order valence-corrected chi connectivity index (χ3v) is 10.8. The van der Waals surface area contributed by atoms with E-state index in [1.807, 2.05) is 11.0 Å². The van der Waals surface area contributed by atoms with E-state index in [0.29, 0.717) is 50.2 Å². The van der Waals surface area contributed by atoms with Crippen molar-refractivity contribution in [3.8, 4) is 0 Å². The zero-order valence-corrected chi connectivity index (χ0v) is 26.6. The number of ether oxygens (including phenoxy) is 2. The molecule has 2 aromatic rings. The predicted octanol–water partition coefficient (Wildman–Crippen LogP) is 5.08. The first kappa shape index (κ1) is 28.8. The molecule has 1 fully saturated rings. The number of halogens is 1. The van der Waals surface area contributed by atoms with Crippen LogP contribution < -0.4 is 4.90 Å². The largest absolute Gasteiger partial charge is 0.361 e. The highest BCUT2D eigenvalue weighted by Gasteiger charge is 2.33. The zero-order valence-electron chi connectivity index (χ0n) is 21.6. The van der Waals surface area contributed by atoms with Gasteiger partial charge in [0.2, 0.25) is 5.78 Å². The third kappa shape index (κ3) is 8.35. The molecule has 2 aromatic heterocycles. The Balaban J connectivity index is 1.90. The number of aromatic nitrogens is 3. The Hall–Kier alpha value is -0.806. The fraction of sp³-hybridized carbons (Fsp3) is 0.652. The summed E-state index contributed by atoms with van der Waals surface area (Å²) in [4.78, 5) is 31.6. The number of ketones is 1. The van der Waals surface area contributed by atoms with Gasteiger partial charge in [-0.2, -0.15) is 9.61 Å². The van der Waals surface area contributed by atoms with E-state index in [-0.39, 0.29) is 10.9 Å². The Labute approximate surface area is 228 Å². The highest BCUT2D eigenvalue weighted by atomic mass is 127. The Morgan fingerprint density at radius 3 is 2.26 bits per heavy atom. The predicted molar refractivity (Wildman–Crippen MR) is 156 cm³/mol. The fourth-order valence-electron chi connectivity index (χ4n) is 3.51. The summed E-state index contributed by atoms with van der Waals surface area (Å²) < 4.78 is 14.9. The first-order chi connectivity index (χ1) is 16.4. The summed E-state index contributed by atoms with van der Waals surface area (Å²) >= 11 is 3.30. The standard InChI is InChI=1S/C23H37IN4O4SSi2/c1-34(2,3)11-8-31-15-27(16-32-9-12-35(4,5)6)20-13-19(17-7-10-33-23(30)21(17)29)26-22-18(24)14-25-28(20)22/h13-14,17H,7-12,15-16H2,1-6H3. The van der Waals surface area contributed by atoms with Crippen LogP contribution in [0.2, 0.25) is 51.4 Å². The second-order valence-electron chi connectivity index (χ2n) is 11.3. The number of hydrogen-bond acceptors (Lipinski definition) is 8. The van der Waals surface area contributed by atoms with Gasteiger partial charge >= 0.3 is 0 Å². The monoisotopic (exact) mass is 648 g/mol. The maximum absolute atomic E-state index is 12.7. The first-order valence-corrected chi connectivity index (χ1v) is 21.5. The lowest BCUT2D eigenvalue weighted by atomic mass is 9.97. The van der Waals surface area contributed by atoms with Crippen molar-refractivity contribution < 1.29 is 19.1 Å². The van der Waals surface area contributed by atoms with Gasteiger partial charge in [0, 0.05) is 41.2 Å². The van der Waals surface area contributed by atoms with Crippen molar-refractivity contribution in [2.75, 3.05) is 37.3 Å². The smallest absolute Gasteiger partial charge is 0.255 e. The second kappa shape index (κ2) is 12.2. The van der Waals surface area contributed by atoms with E-state index in [0.717, 1.165) is 33.2 Å². The summed E-state index contributed by atoms with van der Waals surface area (Å²) in [7, 11) is -2.43. The molecule has 0 aromatic carbocycles. The van der Waals surface area contributed by atoms with Crippen molar-refractivity contribution >= 4 is 72.9 Å². The first-order valence-electron chi connectivity index (χ1n) is 12.0. The van der Waals surface area contributed by atoms with E-state index >= 15 is 0 Å². The number of fused-ring (bicyclic) bond motifs is 1. The maximum atomic E-state index is 12.7. The van der Waals surface area contributed by atoms with E-state index < -0.39 is 22.1 Å². The van der Waals surface area contributed by atoms with Crippen LogP contribution in [0.5, 0.6) is 0 Å². The molecule has 12 heteroatoms. The molecule has 3 heterocycles. The molecule has 0 spiro atoms. The van der Waals surface area contributed by atoms with Gasteiger partial charge in [0.15, 0.2) is 5.65 Å². The molecule has 0 amide bonds. The number of carbonyl (C=O) groups is 2. The molecule has 0 N–H and O–H groups in total. The lowest BCUT2D eigenvalue weighted by Crippen LogP contribution is -2.34. The van der Waals surface area contributed by atoms with Crippen LogP contribution in [0.1, 0.15) is 18.0 Å². The maximum Gasteiger partial charge on any atom is 0.255 e. The number of carbonyl (C=O) groups excluding carboxylic acids is 2. The van der Waals surface area contributed by atoms with E-state index in [2.05, 4.69) is 67.0 Å². The minimum absolute atomic E-state index is 0.347. The molecule has 1 aliphatic rings. The molecule has 1 saturated heterocycles. The van der Waals surface area contributed by atoms with Crippen LogP contribution >= 0.6 is 34.4 Å². The summed E-state index contributed by atoms with van der Waals surface area (Å²) in [5, 5.41) is 4.17. The molecule has 0 saturated carbocycles. The van der Waals surface area contributed by atoms with Crippen molar-refractivity contribution in [3.05, 3.63) is 21.5 Å². The average molecular weight is 649 g/mol. The molecule has 35 heavy (non-hydrogen) atoms. The number of rotatable bonds is 12. The van der Waals surface area contributed by atoms with Gasteiger partial charge in [-0.05, 0) is 41.1 Å². The highest BCUT2D eigenvalue weighted by molar-refractivity contribution is 14.1. The minimum Gasteiger partial charge on any atom is -0.361 e. The van der Waals surface area contributed by atoms with Gasteiger partial charge in [-0.25, -0.2) is 4.98 Å². The van der Waals surface area contributed by atoms with E-state index in [9.17, 15) is 9.59 Å². The minimum atomic E-state index is -1.22. The Kier molecular flexibility index (Phi) is 9.99. The topological polar surface area (TPSA) is 86.0 Å². The lowest BCUT2D eigenvalue weighted by molar-refractivity contribution is -0.133. The van der Waals surface area contributed by atoms with Crippen LogP contribution in [0.3, 0.4) is 0 Å². The molecular weight excluding hydrogens is 611 g/mol. The van der Waals surface area contributed by atoms with E-state index in [1.54, 1.807) is 10.7 Å². The van der Waals surface area contributed by atoms with Crippen molar-refractivity contribution in [1.29, 1.82) is 0 Å². The molecule has 1 atom stereocenters. The Bertz CT molecular complexity index is 1030. The molecule has 0 bridgehead atoms. The van der Waals surface area contributed by atoms with Crippen LogP contribution in [0.25, 0.3) is 5.65 Å². The van der Waals surface area contributed by atoms with Crippen molar-refractivity contribution in [3.63, 3.8) is 0 Å². The van der Waals surface area contributed by atoms with Gasteiger partial charge in [0.25, 0.3) is 5.12 Å². The van der Waals surface area contributed by atoms with Gasteiger partial charge in [0.05, 0.1) is 21.4 Å². The third-order valence-electron chi connectivity index (χ3n) is 5.76. The summed E-state index contributed by atoms with van der Waals surface area (Å²) in [5.41, 5.74) is 1.28. The Morgan fingerprint density at radius 1 is 1.09 bits per heavy atom. The fourth-order valence-corrected chi connectivity index (χ4v) is 6.32. The van der Waals surface area contributed by atoms with Gasteiger partial charge in [-0.1, -0.05) is 51.0 Å². The summed E-state index contributed by atoms with van der Waals surface area (Å²) in [5.74, 6) is 0.480. The molecule has 0 aliphatic carbocycles. The summed E-state index contributed by atoms with van der Waals surface area (Å²) in [6.07, 6.45) is 2.36. The number of thioether (sulfide) groups is 1. The number of anilines is 1. The number of Topliss-reactive ketones (excluding diaryl/α,β-unsaturated/α-hetero) is 1. The molecule has 1 aliphatic heterocycles. The molecule has 194 valence electrons. The molecular formula is C23H37IN4O4SSi2. The number of hydrogen-bond donors (Lipinski definition) is 0. The highest BCUT2D eigenvalue weighted by Crippen LogP contribution is 2.32. The van der Waals surface area contributed by atoms with Crippen LogP contribution in [0.15, 0.2) is 12.3 Å². The van der Waals surface area contributed by atoms with Crippen LogP contribution in [0.4, 0.5) is 5.82 Å². The van der Waals surface area contributed by atoms with Crippen LogP contribution in [0, 0.1) is 3.57 Å². The molecule has 3 rings (SSSR count). The van der Waals surface area contributed by atoms with Crippen molar-refractivity contribution in [2.45, 2.75) is 63.7 Å². The summed E-state index contributed by atoms with van der Waals surface area (Å²) in [6.45, 7) is 16.1. The van der Waals surface area contributed by atoms with Crippen molar-refractivity contribution in [1.82, 2.24) is 14.6 Å². The number of nitrogens with zero attached hydrogens (tertiary/aromatic N) is 4. The normalized spacial score (nSPS) is 17.4. The second-order valence-corrected chi connectivity index (χ2v) is 24.8. The van der Waals surface area contributed by atoms with Crippen LogP contribution in [-0.4, -0.2) is 74.1 Å². The van der Waals surface area contributed by atoms with Crippen molar-refractivity contribution in [2.24, 2.45) is 0 Å². The molecule has 1 unspecified atom stereocenters. The van der Waals surface area contributed by atoms with Crippen LogP contribution in [-0.2, 0) is 19.1 Å². The van der Waals surface area contributed by atoms with Gasteiger partial charge in [-0.15, -0.1) is 0 Å². The zero-order chi connectivity index (χ0) is 25.8. The van der Waals surface area contributed by atoms with E-state index in [4.69, 9.17) is 14.5 Å². The Morgan fingerprint density at radius 2 is 1.69 bits per heavy atom. The quantitative estimate of drug-likeness (QED) is 0.104. The molecule has 0 radical (unpaired) electrons. The SMILES string of the molecule is C[Si](C)(C)CCOCN(COCC[Si](C)(C)C)c1cc(C2CCSC(=O)C2=O)nc2c(I)cnn12. The van der Waals surface area contributed by atoms with E-state index in [1.165, 1.54) is 0 Å². The molecule has 8 nitrogen and oxygen atoms in total. The average Bonchev–Trinajstić information content (AvgIpc) is 3.13. The lowest BCUT2D eigenvalue weighted by Gasteiger charge is -2.27. The van der Waals surface area contributed by atoms with Gasteiger partial charge in [0.1, 0.15) is 19.3 Å². The van der Waals surface area contributed by atoms with Gasteiger partial charge < -0.3 is 14.4 Å². The van der Waals surface area contributed by atoms with Gasteiger partial charge in [-0.3, -0.25) is 9.59 Å². The summed E-state index contributed by atoms with van der Waals surface area (Å²) in [6, 6.07) is 4.03.